The molecule has 1 aromatic carbocycles. The van der Waals surface area contributed by atoms with Crippen LogP contribution in [0.5, 0.6) is 0 Å². The van der Waals surface area contributed by atoms with E-state index in [0.717, 1.165) is 11.1 Å². The second-order valence-corrected chi connectivity index (χ2v) is 7.19. The molecule has 21 heavy (non-hydrogen) atoms. The van der Waals surface area contributed by atoms with Crippen LogP contribution in [0.1, 0.15) is 22.5 Å². The Morgan fingerprint density at radius 2 is 1.76 bits per heavy atom. The average molecular weight is 308 g/mol. The summed E-state index contributed by atoms with van der Waals surface area (Å²) in [6, 6.07) is 5.37. The van der Waals surface area contributed by atoms with Crippen molar-refractivity contribution in [3.8, 4) is 0 Å². The molecule has 114 valence electrons. The van der Waals surface area contributed by atoms with Crippen molar-refractivity contribution in [1.29, 1.82) is 0 Å². The van der Waals surface area contributed by atoms with Crippen molar-refractivity contribution >= 4 is 15.7 Å². The summed E-state index contributed by atoms with van der Waals surface area (Å²) in [5.41, 5.74) is 8.54. The molecule has 0 aliphatic carbocycles. The van der Waals surface area contributed by atoms with Gasteiger partial charge in [-0.1, -0.05) is 12.1 Å². The SMILES string of the molecule is Cc1ccc(C)c(S(=O)(=O)N(C)Cc2ccoc2C)c1N. The number of nitrogens with zero attached hydrogens (tertiary/aromatic N) is 1. The van der Waals surface area contributed by atoms with Gasteiger partial charge in [-0.15, -0.1) is 0 Å². The Bertz CT molecular complexity index is 763. The molecule has 1 aromatic heterocycles. The van der Waals surface area contributed by atoms with Crippen LogP contribution in [0.4, 0.5) is 5.69 Å². The van der Waals surface area contributed by atoms with Crippen LogP contribution in [0.15, 0.2) is 33.8 Å². The molecule has 0 atom stereocenters. The lowest BCUT2D eigenvalue weighted by Gasteiger charge is -2.20. The van der Waals surface area contributed by atoms with Gasteiger partial charge in [0.05, 0.1) is 12.0 Å². The predicted octanol–water partition coefficient (Wildman–Crippen LogP) is 2.61. The number of nitrogen functional groups attached to an aromatic ring is 1. The van der Waals surface area contributed by atoms with Gasteiger partial charge in [-0.3, -0.25) is 0 Å². The van der Waals surface area contributed by atoms with E-state index in [0.29, 0.717) is 17.0 Å². The number of nitrogens with two attached hydrogens (primary N) is 1. The average Bonchev–Trinajstić information content (AvgIpc) is 2.80. The minimum Gasteiger partial charge on any atom is -0.469 e. The number of anilines is 1. The van der Waals surface area contributed by atoms with Crippen LogP contribution in [-0.4, -0.2) is 19.8 Å². The van der Waals surface area contributed by atoms with E-state index >= 15 is 0 Å². The van der Waals surface area contributed by atoms with E-state index in [4.69, 9.17) is 10.2 Å². The van der Waals surface area contributed by atoms with Gasteiger partial charge < -0.3 is 10.2 Å². The molecular formula is C15H20N2O3S. The second-order valence-electron chi connectivity index (χ2n) is 5.21. The minimum atomic E-state index is -3.65. The van der Waals surface area contributed by atoms with Crippen LogP contribution in [0.2, 0.25) is 0 Å². The summed E-state index contributed by atoms with van der Waals surface area (Å²) in [4.78, 5) is 0.186. The van der Waals surface area contributed by atoms with E-state index < -0.39 is 10.0 Å². The van der Waals surface area contributed by atoms with E-state index in [-0.39, 0.29) is 11.4 Å². The maximum atomic E-state index is 12.8. The number of furan rings is 1. The van der Waals surface area contributed by atoms with Crippen LogP contribution in [0.3, 0.4) is 0 Å². The highest BCUT2D eigenvalue weighted by Gasteiger charge is 2.26. The normalized spacial score (nSPS) is 12.0. The minimum absolute atomic E-state index is 0.186. The summed E-state index contributed by atoms with van der Waals surface area (Å²) >= 11 is 0. The Morgan fingerprint density at radius 3 is 2.33 bits per heavy atom. The van der Waals surface area contributed by atoms with Gasteiger partial charge in [0.2, 0.25) is 10.0 Å². The zero-order valence-electron chi connectivity index (χ0n) is 12.7. The molecule has 0 aliphatic heterocycles. The summed E-state index contributed by atoms with van der Waals surface area (Å²) in [5.74, 6) is 0.714. The van der Waals surface area contributed by atoms with E-state index in [2.05, 4.69) is 0 Å². The second kappa shape index (κ2) is 5.54. The summed E-state index contributed by atoms with van der Waals surface area (Å²) in [6.07, 6.45) is 1.55. The highest BCUT2D eigenvalue weighted by Crippen LogP contribution is 2.29. The van der Waals surface area contributed by atoms with Crippen molar-refractivity contribution < 1.29 is 12.8 Å². The van der Waals surface area contributed by atoms with Gasteiger partial charge >= 0.3 is 0 Å². The first-order chi connectivity index (χ1) is 9.75. The van der Waals surface area contributed by atoms with Crippen molar-refractivity contribution in [3.63, 3.8) is 0 Å². The van der Waals surface area contributed by atoms with Crippen molar-refractivity contribution in [1.82, 2.24) is 4.31 Å². The predicted molar refractivity (Wildman–Crippen MR) is 82.4 cm³/mol. The molecule has 2 N–H and O–H groups in total. The van der Waals surface area contributed by atoms with Gasteiger partial charge in [-0.2, -0.15) is 4.31 Å². The highest BCUT2D eigenvalue weighted by atomic mass is 32.2. The first kappa shape index (κ1) is 15.6. The molecule has 0 saturated carbocycles. The third kappa shape index (κ3) is 2.82. The van der Waals surface area contributed by atoms with Gasteiger partial charge in [0.15, 0.2) is 0 Å². The Hall–Kier alpha value is -1.79. The van der Waals surface area contributed by atoms with Crippen molar-refractivity contribution in [2.75, 3.05) is 12.8 Å². The van der Waals surface area contributed by atoms with E-state index in [1.165, 1.54) is 4.31 Å². The summed E-state index contributed by atoms with van der Waals surface area (Å²) in [5, 5.41) is 0. The van der Waals surface area contributed by atoms with Gasteiger partial charge in [0, 0.05) is 19.2 Å². The third-order valence-corrected chi connectivity index (χ3v) is 5.65. The number of aryl methyl sites for hydroxylation is 3. The lowest BCUT2D eigenvalue weighted by molar-refractivity contribution is 0.459. The lowest BCUT2D eigenvalue weighted by atomic mass is 10.1. The first-order valence-electron chi connectivity index (χ1n) is 6.60. The van der Waals surface area contributed by atoms with Crippen LogP contribution in [0, 0.1) is 20.8 Å². The number of benzene rings is 1. The first-order valence-corrected chi connectivity index (χ1v) is 8.04. The Balaban J connectivity index is 2.43. The number of rotatable bonds is 4. The molecule has 1 heterocycles. The quantitative estimate of drug-likeness (QED) is 0.881. The molecule has 5 nitrogen and oxygen atoms in total. The van der Waals surface area contributed by atoms with Gasteiger partial charge in [-0.05, 0) is 38.0 Å². The molecule has 0 saturated heterocycles. The molecule has 0 radical (unpaired) electrons. The molecule has 0 bridgehead atoms. The van der Waals surface area contributed by atoms with Crippen molar-refractivity contribution in [2.45, 2.75) is 32.2 Å². The molecule has 2 aromatic rings. The smallest absolute Gasteiger partial charge is 0.245 e. The molecule has 0 aliphatic rings. The largest absolute Gasteiger partial charge is 0.469 e. The van der Waals surface area contributed by atoms with Crippen molar-refractivity contribution in [3.05, 3.63) is 46.9 Å². The Morgan fingerprint density at radius 1 is 1.14 bits per heavy atom. The molecule has 0 spiro atoms. The van der Waals surface area contributed by atoms with Gasteiger partial charge in [0.1, 0.15) is 10.7 Å². The lowest BCUT2D eigenvalue weighted by Crippen LogP contribution is -2.28. The fraction of sp³-hybridized carbons (Fsp3) is 0.333. The number of hydrogen-bond acceptors (Lipinski definition) is 4. The summed E-state index contributed by atoms with van der Waals surface area (Å²) in [6.45, 7) is 5.60. The molecule has 0 fully saturated rings. The number of hydrogen-bond donors (Lipinski definition) is 1. The maximum Gasteiger partial charge on any atom is 0.245 e. The van der Waals surface area contributed by atoms with E-state index in [1.54, 1.807) is 39.3 Å². The maximum absolute atomic E-state index is 12.8. The number of sulfonamides is 1. The fourth-order valence-corrected chi connectivity index (χ4v) is 3.74. The monoisotopic (exact) mass is 308 g/mol. The third-order valence-electron chi connectivity index (χ3n) is 3.64. The summed E-state index contributed by atoms with van der Waals surface area (Å²) < 4.78 is 32.1. The Kier molecular flexibility index (Phi) is 4.11. The molecule has 0 amide bonds. The topological polar surface area (TPSA) is 76.5 Å². The van der Waals surface area contributed by atoms with E-state index in [1.807, 2.05) is 13.0 Å². The van der Waals surface area contributed by atoms with Crippen molar-refractivity contribution in [2.24, 2.45) is 0 Å². The van der Waals surface area contributed by atoms with Crippen LogP contribution < -0.4 is 5.73 Å². The van der Waals surface area contributed by atoms with Crippen LogP contribution in [-0.2, 0) is 16.6 Å². The van der Waals surface area contributed by atoms with Gasteiger partial charge in [-0.25, -0.2) is 8.42 Å². The fourth-order valence-electron chi connectivity index (χ4n) is 2.21. The zero-order valence-corrected chi connectivity index (χ0v) is 13.5. The molecule has 6 heteroatoms. The molecule has 0 unspecified atom stereocenters. The molecule has 2 rings (SSSR count). The van der Waals surface area contributed by atoms with Crippen LogP contribution in [0.25, 0.3) is 0 Å². The summed E-state index contributed by atoms with van der Waals surface area (Å²) in [7, 11) is -2.10. The van der Waals surface area contributed by atoms with Gasteiger partial charge in [0.25, 0.3) is 0 Å². The standard InChI is InChI=1S/C15H20N2O3S/c1-10-5-6-11(2)15(14(10)16)21(18,19)17(4)9-13-7-8-20-12(13)3/h5-8H,9,16H2,1-4H3. The van der Waals surface area contributed by atoms with E-state index in [9.17, 15) is 8.42 Å². The van der Waals surface area contributed by atoms with Crippen LogP contribution >= 0.6 is 0 Å². The zero-order chi connectivity index (χ0) is 15.8. The highest BCUT2D eigenvalue weighted by molar-refractivity contribution is 7.89. The molecular weight excluding hydrogens is 288 g/mol. The Labute approximate surface area is 125 Å².